The zero-order chi connectivity index (χ0) is 23.5. The average molecular weight is 467 g/mol. The van der Waals surface area contributed by atoms with E-state index >= 15 is 0 Å². The molecule has 3 rings (SSSR count). The highest BCUT2D eigenvalue weighted by Gasteiger charge is 2.07. The maximum atomic E-state index is 12.3. The van der Waals surface area contributed by atoms with Crippen molar-refractivity contribution in [3.63, 3.8) is 0 Å². The van der Waals surface area contributed by atoms with Crippen molar-refractivity contribution >= 4 is 23.7 Å². The van der Waals surface area contributed by atoms with E-state index in [1.54, 1.807) is 49.7 Å². The second kappa shape index (κ2) is 12.5. The van der Waals surface area contributed by atoms with Crippen LogP contribution in [0.5, 0.6) is 17.2 Å². The molecule has 172 valence electrons. The summed E-state index contributed by atoms with van der Waals surface area (Å²) in [6.07, 6.45) is 3.62. The molecule has 0 spiro atoms. The van der Waals surface area contributed by atoms with E-state index < -0.39 is 0 Å². The van der Waals surface area contributed by atoms with Crippen LogP contribution >= 0.6 is 11.6 Å². The van der Waals surface area contributed by atoms with Crippen molar-refractivity contribution in [2.75, 3.05) is 13.7 Å². The van der Waals surface area contributed by atoms with Crippen LogP contribution in [0.15, 0.2) is 71.8 Å². The first-order valence-electron chi connectivity index (χ1n) is 10.7. The number of unbranched alkanes of at least 4 members (excludes halogenated alkanes) is 1. The first-order chi connectivity index (χ1) is 16.1. The predicted octanol–water partition coefficient (Wildman–Crippen LogP) is 5.87. The second-order valence-electron chi connectivity index (χ2n) is 7.25. The lowest BCUT2D eigenvalue weighted by Gasteiger charge is -2.11. The van der Waals surface area contributed by atoms with E-state index in [9.17, 15) is 4.79 Å². The Labute approximate surface area is 199 Å². The predicted molar refractivity (Wildman–Crippen MR) is 131 cm³/mol. The van der Waals surface area contributed by atoms with E-state index in [0.717, 1.165) is 29.7 Å². The third-order valence-corrected chi connectivity index (χ3v) is 5.01. The molecule has 0 aromatic heterocycles. The van der Waals surface area contributed by atoms with Gasteiger partial charge in [-0.05, 0) is 72.1 Å². The molecule has 0 heterocycles. The van der Waals surface area contributed by atoms with Gasteiger partial charge in [-0.3, -0.25) is 4.79 Å². The lowest BCUT2D eigenvalue weighted by atomic mass is 10.2. The number of methoxy groups -OCH3 is 1. The number of carbonyl (C=O) groups is 1. The van der Waals surface area contributed by atoms with Gasteiger partial charge in [-0.25, -0.2) is 5.43 Å². The van der Waals surface area contributed by atoms with E-state index in [1.165, 1.54) is 0 Å². The van der Waals surface area contributed by atoms with Crippen molar-refractivity contribution in [2.24, 2.45) is 5.10 Å². The lowest BCUT2D eigenvalue weighted by Crippen LogP contribution is -2.17. The molecule has 0 aliphatic carbocycles. The molecule has 0 bridgehead atoms. The molecule has 3 aromatic rings. The number of hydrogen-bond acceptors (Lipinski definition) is 5. The lowest BCUT2D eigenvalue weighted by molar-refractivity contribution is 0.0955. The van der Waals surface area contributed by atoms with Gasteiger partial charge in [-0.1, -0.05) is 37.1 Å². The summed E-state index contributed by atoms with van der Waals surface area (Å²) in [6, 6.07) is 19.9. The Balaban J connectivity index is 1.54. The number of carbonyl (C=O) groups excluding carboxylic acids is 1. The molecule has 0 saturated heterocycles. The average Bonchev–Trinajstić information content (AvgIpc) is 2.84. The zero-order valence-electron chi connectivity index (χ0n) is 18.7. The highest BCUT2D eigenvalue weighted by Crippen LogP contribution is 2.28. The van der Waals surface area contributed by atoms with Crippen LogP contribution in [-0.4, -0.2) is 25.8 Å². The van der Waals surface area contributed by atoms with Crippen LogP contribution in [0.2, 0.25) is 5.02 Å². The van der Waals surface area contributed by atoms with Crippen LogP contribution in [-0.2, 0) is 6.61 Å². The fourth-order valence-corrected chi connectivity index (χ4v) is 3.02. The number of rotatable bonds is 11. The van der Waals surface area contributed by atoms with Gasteiger partial charge in [-0.2, -0.15) is 5.10 Å². The van der Waals surface area contributed by atoms with Crippen molar-refractivity contribution in [3.8, 4) is 17.2 Å². The molecule has 7 heteroatoms. The van der Waals surface area contributed by atoms with E-state index in [1.807, 2.05) is 30.3 Å². The minimum Gasteiger partial charge on any atom is -0.494 e. The second-order valence-corrected chi connectivity index (χ2v) is 7.69. The molecule has 1 N–H and O–H groups in total. The topological polar surface area (TPSA) is 69.2 Å². The number of halogens is 1. The fourth-order valence-electron chi connectivity index (χ4n) is 2.89. The molecule has 0 radical (unpaired) electrons. The maximum absolute atomic E-state index is 12.3. The number of hydrazone groups is 1. The third-order valence-electron chi connectivity index (χ3n) is 4.76. The highest BCUT2D eigenvalue weighted by atomic mass is 35.5. The number of hydrogen-bond donors (Lipinski definition) is 1. The van der Waals surface area contributed by atoms with E-state index in [2.05, 4.69) is 17.5 Å². The van der Waals surface area contributed by atoms with Crippen molar-refractivity contribution in [3.05, 3.63) is 88.4 Å². The van der Waals surface area contributed by atoms with Gasteiger partial charge in [0.25, 0.3) is 5.91 Å². The summed E-state index contributed by atoms with van der Waals surface area (Å²) in [4.78, 5) is 12.3. The van der Waals surface area contributed by atoms with Gasteiger partial charge in [0.2, 0.25) is 0 Å². The van der Waals surface area contributed by atoms with Crippen LogP contribution in [0.4, 0.5) is 0 Å². The summed E-state index contributed by atoms with van der Waals surface area (Å²) in [6.45, 7) is 3.17. The van der Waals surface area contributed by atoms with Crippen LogP contribution in [0.25, 0.3) is 0 Å². The Bertz CT molecular complexity index is 1070. The van der Waals surface area contributed by atoms with Crippen molar-refractivity contribution in [1.29, 1.82) is 0 Å². The first-order valence-corrected chi connectivity index (χ1v) is 11.1. The summed E-state index contributed by atoms with van der Waals surface area (Å²) in [5, 5.41) is 4.72. The van der Waals surface area contributed by atoms with Crippen LogP contribution in [0, 0.1) is 0 Å². The van der Waals surface area contributed by atoms with Crippen LogP contribution in [0.1, 0.15) is 41.3 Å². The molecular formula is C26H27ClN2O4. The Hall–Kier alpha value is -3.51. The van der Waals surface area contributed by atoms with E-state index in [-0.39, 0.29) is 5.91 Å². The summed E-state index contributed by atoms with van der Waals surface area (Å²) in [5.74, 6) is 1.61. The quantitative estimate of drug-likeness (QED) is 0.218. The number of nitrogens with one attached hydrogen (secondary N) is 1. The summed E-state index contributed by atoms with van der Waals surface area (Å²) < 4.78 is 16.9. The Morgan fingerprint density at radius 3 is 2.45 bits per heavy atom. The van der Waals surface area contributed by atoms with Crippen molar-refractivity contribution in [1.82, 2.24) is 5.43 Å². The van der Waals surface area contributed by atoms with Gasteiger partial charge in [0.15, 0.2) is 11.5 Å². The standard InChI is InChI=1S/C26H27ClN2O4/c1-3-4-15-32-23-12-8-21(9-13-23)26(30)29-28-17-20-7-14-24(25(16-20)31-2)33-18-19-5-10-22(27)11-6-19/h5-14,16-17H,3-4,15,18H2,1-2H3,(H,29,30)/b28-17-. The molecule has 33 heavy (non-hydrogen) atoms. The van der Waals surface area contributed by atoms with Gasteiger partial charge in [0.05, 0.1) is 19.9 Å². The summed E-state index contributed by atoms with van der Waals surface area (Å²) >= 11 is 5.91. The largest absolute Gasteiger partial charge is 0.494 e. The van der Waals surface area contributed by atoms with Gasteiger partial charge in [0.1, 0.15) is 12.4 Å². The molecule has 0 unspecified atom stereocenters. The molecule has 0 aliphatic heterocycles. The molecule has 6 nitrogen and oxygen atoms in total. The van der Waals surface area contributed by atoms with Crippen LogP contribution < -0.4 is 19.6 Å². The van der Waals surface area contributed by atoms with Gasteiger partial charge in [-0.15, -0.1) is 0 Å². The molecule has 1 amide bonds. The Kier molecular flexibility index (Phi) is 9.15. The molecule has 0 saturated carbocycles. The van der Waals surface area contributed by atoms with Crippen molar-refractivity contribution in [2.45, 2.75) is 26.4 Å². The molecule has 0 aliphatic rings. The Morgan fingerprint density at radius 2 is 1.76 bits per heavy atom. The monoisotopic (exact) mass is 466 g/mol. The first kappa shape index (κ1) is 24.1. The fraction of sp³-hybridized carbons (Fsp3) is 0.231. The number of nitrogens with zero attached hydrogens (tertiary/aromatic N) is 1. The number of benzene rings is 3. The van der Waals surface area contributed by atoms with E-state index in [0.29, 0.717) is 35.3 Å². The third kappa shape index (κ3) is 7.54. The minimum absolute atomic E-state index is 0.304. The maximum Gasteiger partial charge on any atom is 0.271 e. The summed E-state index contributed by atoms with van der Waals surface area (Å²) in [5.41, 5.74) is 4.78. The number of amides is 1. The molecular weight excluding hydrogens is 440 g/mol. The van der Waals surface area contributed by atoms with Gasteiger partial charge >= 0.3 is 0 Å². The number of ether oxygens (including phenoxy) is 3. The zero-order valence-corrected chi connectivity index (χ0v) is 19.5. The van der Waals surface area contributed by atoms with E-state index in [4.69, 9.17) is 25.8 Å². The molecule has 0 atom stereocenters. The van der Waals surface area contributed by atoms with Gasteiger partial charge in [0, 0.05) is 10.6 Å². The minimum atomic E-state index is -0.304. The van der Waals surface area contributed by atoms with Gasteiger partial charge < -0.3 is 14.2 Å². The SMILES string of the molecule is CCCCOc1ccc(C(=O)N/N=C\c2ccc(OCc3ccc(Cl)cc3)c(OC)c2)cc1. The molecule has 3 aromatic carbocycles. The summed E-state index contributed by atoms with van der Waals surface area (Å²) in [7, 11) is 1.57. The van der Waals surface area contributed by atoms with Crippen molar-refractivity contribution < 1.29 is 19.0 Å². The molecule has 0 fully saturated rings. The highest BCUT2D eigenvalue weighted by molar-refractivity contribution is 6.30. The Morgan fingerprint density at radius 1 is 1.00 bits per heavy atom. The smallest absolute Gasteiger partial charge is 0.271 e. The normalized spacial score (nSPS) is 10.8. The van der Waals surface area contributed by atoms with Crippen LogP contribution in [0.3, 0.4) is 0 Å².